The second-order valence-corrected chi connectivity index (χ2v) is 8.25. The largest absolute Gasteiger partial charge is 0.462 e. The maximum atomic E-state index is 12.0. The van der Waals surface area contributed by atoms with Crippen molar-refractivity contribution in [2.24, 2.45) is 5.92 Å². The number of thiophene rings is 1. The van der Waals surface area contributed by atoms with Crippen molar-refractivity contribution in [3.8, 4) is 0 Å². The highest BCUT2D eigenvalue weighted by atomic mass is 32.2. The summed E-state index contributed by atoms with van der Waals surface area (Å²) in [4.78, 5) is 14.0. The summed E-state index contributed by atoms with van der Waals surface area (Å²) in [6.07, 6.45) is 3.42. The number of nitrogens with zero attached hydrogens (tertiary/aromatic N) is 1. The molecule has 1 aliphatic carbocycles. The van der Waals surface area contributed by atoms with Crippen LogP contribution in [0.1, 0.15) is 29.4 Å². The van der Waals surface area contributed by atoms with Crippen LogP contribution < -0.4 is 10.6 Å². The van der Waals surface area contributed by atoms with Crippen molar-refractivity contribution >= 4 is 37.8 Å². The molecular weight excluding hydrogens is 312 g/mol. The average Bonchev–Trinajstić information content (AvgIpc) is 3.08. The van der Waals surface area contributed by atoms with E-state index in [1.807, 2.05) is 11.9 Å². The lowest BCUT2D eigenvalue weighted by atomic mass is 10.3. The second kappa shape index (κ2) is 5.84. The fourth-order valence-electron chi connectivity index (χ4n) is 2.14. The predicted octanol–water partition coefficient (Wildman–Crippen LogP) is 1.76. The van der Waals surface area contributed by atoms with Gasteiger partial charge >= 0.3 is 5.97 Å². The quantitative estimate of drug-likeness (QED) is 0.798. The van der Waals surface area contributed by atoms with Crippen LogP contribution in [0.2, 0.25) is 0 Å². The van der Waals surface area contributed by atoms with Gasteiger partial charge in [-0.1, -0.05) is 0 Å². The fraction of sp³-hybridized carbons (Fsp3) is 0.615. The van der Waals surface area contributed by atoms with Crippen molar-refractivity contribution in [1.82, 2.24) is 0 Å². The van der Waals surface area contributed by atoms with Crippen molar-refractivity contribution in [3.05, 3.63) is 4.88 Å². The highest BCUT2D eigenvalue weighted by Crippen LogP contribution is 2.42. The first-order chi connectivity index (χ1) is 9.75. The normalized spacial score (nSPS) is 15.0. The molecule has 0 amide bonds. The molecule has 118 valence electrons. The van der Waals surface area contributed by atoms with Crippen LogP contribution in [-0.4, -0.2) is 40.8 Å². The van der Waals surface area contributed by atoms with E-state index in [1.165, 1.54) is 0 Å². The molecule has 2 rings (SSSR count). The smallest absolute Gasteiger partial charge is 0.350 e. The Kier molecular flexibility index (Phi) is 4.48. The Bertz CT molecular complexity index is 647. The monoisotopic (exact) mass is 332 g/mol. The topological polar surface area (TPSA) is 89.7 Å². The molecule has 1 aliphatic rings. The van der Waals surface area contributed by atoms with Gasteiger partial charge in [-0.2, -0.15) is 0 Å². The summed E-state index contributed by atoms with van der Waals surface area (Å²) in [5.74, 6) is 0.0211. The molecule has 8 heteroatoms. The number of hydrogen-bond donors (Lipinski definition) is 1. The summed E-state index contributed by atoms with van der Waals surface area (Å²) in [5, 5.41) is 0.518. The van der Waals surface area contributed by atoms with Crippen molar-refractivity contribution < 1.29 is 17.9 Å². The van der Waals surface area contributed by atoms with Crippen molar-refractivity contribution in [3.63, 3.8) is 0 Å². The van der Waals surface area contributed by atoms with E-state index >= 15 is 0 Å². The Labute approximate surface area is 128 Å². The molecule has 0 aromatic carbocycles. The van der Waals surface area contributed by atoms with Gasteiger partial charge in [0.2, 0.25) is 0 Å². The summed E-state index contributed by atoms with van der Waals surface area (Å²) in [5.41, 5.74) is 5.91. The Hall–Kier alpha value is -1.28. The van der Waals surface area contributed by atoms with E-state index in [4.69, 9.17) is 10.5 Å². The van der Waals surface area contributed by atoms with Gasteiger partial charge in [0.1, 0.15) is 14.8 Å². The predicted molar refractivity (Wildman–Crippen MR) is 83.8 cm³/mol. The van der Waals surface area contributed by atoms with Gasteiger partial charge < -0.3 is 15.4 Å². The van der Waals surface area contributed by atoms with Crippen molar-refractivity contribution in [2.75, 3.05) is 37.1 Å². The molecule has 1 saturated carbocycles. The van der Waals surface area contributed by atoms with Crippen LogP contribution in [0.5, 0.6) is 0 Å². The van der Waals surface area contributed by atoms with E-state index in [2.05, 4.69) is 0 Å². The van der Waals surface area contributed by atoms with Gasteiger partial charge in [-0.15, -0.1) is 11.3 Å². The van der Waals surface area contributed by atoms with Crippen LogP contribution >= 0.6 is 11.3 Å². The first-order valence-corrected chi connectivity index (χ1v) is 9.47. The zero-order chi connectivity index (χ0) is 15.8. The summed E-state index contributed by atoms with van der Waals surface area (Å²) >= 11 is 1.09. The summed E-state index contributed by atoms with van der Waals surface area (Å²) in [6.45, 7) is 2.68. The summed E-state index contributed by atoms with van der Waals surface area (Å²) in [6, 6.07) is 0. The number of nitrogen functional groups attached to an aromatic ring is 1. The second-order valence-electron chi connectivity index (χ2n) is 5.30. The van der Waals surface area contributed by atoms with Crippen LogP contribution in [0, 0.1) is 5.92 Å². The van der Waals surface area contributed by atoms with Gasteiger partial charge in [0.25, 0.3) is 0 Å². The Morgan fingerprint density at radius 1 is 1.48 bits per heavy atom. The summed E-state index contributed by atoms with van der Waals surface area (Å²) in [7, 11) is -1.69. The third kappa shape index (κ3) is 3.49. The number of nitrogens with two attached hydrogens (primary N) is 1. The SMILES string of the molecule is CCOC(=O)c1sc(N(C)CC2CC2)c(S(C)(=O)=O)c1N. The number of sulfone groups is 1. The lowest BCUT2D eigenvalue weighted by molar-refractivity contribution is 0.0533. The first-order valence-electron chi connectivity index (χ1n) is 6.76. The van der Waals surface area contributed by atoms with Gasteiger partial charge in [-0.3, -0.25) is 0 Å². The highest BCUT2D eigenvalue weighted by molar-refractivity contribution is 7.91. The Morgan fingerprint density at radius 2 is 2.10 bits per heavy atom. The average molecular weight is 332 g/mol. The fourth-order valence-corrected chi connectivity index (χ4v) is 4.74. The maximum Gasteiger partial charge on any atom is 0.350 e. The number of carbonyl (C=O) groups excluding carboxylic acids is 1. The Balaban J connectivity index is 2.46. The van der Waals surface area contributed by atoms with Gasteiger partial charge in [0, 0.05) is 19.8 Å². The minimum absolute atomic E-state index is 0.00130. The molecular formula is C13H20N2O4S2. The molecule has 0 unspecified atom stereocenters. The van der Waals surface area contributed by atoms with Gasteiger partial charge in [0.05, 0.1) is 12.3 Å². The molecule has 0 radical (unpaired) electrons. The van der Waals surface area contributed by atoms with E-state index in [0.29, 0.717) is 10.9 Å². The van der Waals surface area contributed by atoms with Crippen LogP contribution in [0.3, 0.4) is 0 Å². The molecule has 0 bridgehead atoms. The molecule has 1 aromatic heterocycles. The van der Waals surface area contributed by atoms with E-state index in [1.54, 1.807) is 6.92 Å². The van der Waals surface area contributed by atoms with Crippen molar-refractivity contribution in [2.45, 2.75) is 24.7 Å². The van der Waals surface area contributed by atoms with Crippen LogP contribution in [0.25, 0.3) is 0 Å². The molecule has 0 saturated heterocycles. The molecule has 0 spiro atoms. The third-order valence-corrected chi connectivity index (χ3v) is 5.87. The minimum atomic E-state index is -3.52. The van der Waals surface area contributed by atoms with E-state index in [0.717, 1.165) is 37.0 Å². The first kappa shape index (κ1) is 16.1. The highest BCUT2D eigenvalue weighted by Gasteiger charge is 2.31. The maximum absolute atomic E-state index is 12.0. The minimum Gasteiger partial charge on any atom is -0.462 e. The number of esters is 1. The lowest BCUT2D eigenvalue weighted by Crippen LogP contribution is -2.20. The van der Waals surface area contributed by atoms with Crippen molar-refractivity contribution in [1.29, 1.82) is 0 Å². The molecule has 0 atom stereocenters. The molecule has 21 heavy (non-hydrogen) atoms. The molecule has 1 fully saturated rings. The lowest BCUT2D eigenvalue weighted by Gasteiger charge is -2.18. The number of carbonyl (C=O) groups is 1. The van der Waals surface area contributed by atoms with Gasteiger partial charge in [-0.05, 0) is 25.7 Å². The number of rotatable bonds is 6. The van der Waals surface area contributed by atoms with Gasteiger partial charge in [-0.25, -0.2) is 13.2 Å². The summed E-state index contributed by atoms with van der Waals surface area (Å²) < 4.78 is 29.0. The standard InChI is InChI=1S/C13H20N2O4S2/c1-4-19-13(16)10-9(14)11(21(3,17)18)12(20-10)15(2)7-8-5-6-8/h8H,4-7,14H2,1-3H3. The zero-order valence-corrected chi connectivity index (χ0v) is 14.0. The Morgan fingerprint density at radius 3 is 2.57 bits per heavy atom. The molecule has 0 aliphatic heterocycles. The zero-order valence-electron chi connectivity index (χ0n) is 12.4. The molecule has 1 heterocycles. The van der Waals surface area contributed by atoms with E-state index in [-0.39, 0.29) is 22.1 Å². The number of hydrogen-bond acceptors (Lipinski definition) is 7. The van der Waals surface area contributed by atoms with E-state index < -0.39 is 15.8 Å². The molecule has 1 aromatic rings. The van der Waals surface area contributed by atoms with Crippen LogP contribution in [0.4, 0.5) is 10.7 Å². The van der Waals surface area contributed by atoms with Gasteiger partial charge in [0.15, 0.2) is 9.84 Å². The number of anilines is 2. The number of ether oxygens (including phenoxy) is 1. The third-order valence-electron chi connectivity index (χ3n) is 3.29. The van der Waals surface area contributed by atoms with Crippen LogP contribution in [0.15, 0.2) is 4.90 Å². The molecule has 2 N–H and O–H groups in total. The van der Waals surface area contributed by atoms with Crippen LogP contribution in [-0.2, 0) is 14.6 Å². The van der Waals surface area contributed by atoms with E-state index in [9.17, 15) is 13.2 Å². The molecule has 6 nitrogen and oxygen atoms in total.